The van der Waals surface area contributed by atoms with Gasteiger partial charge < -0.3 is 9.26 Å². The van der Waals surface area contributed by atoms with Gasteiger partial charge in [0.1, 0.15) is 6.61 Å². The highest BCUT2D eigenvalue weighted by Crippen LogP contribution is 2.34. The summed E-state index contributed by atoms with van der Waals surface area (Å²) in [7, 11) is -3.80. The summed E-state index contributed by atoms with van der Waals surface area (Å²) in [5.74, 6) is 0. The fourth-order valence-corrected chi connectivity index (χ4v) is 5.72. The highest BCUT2D eigenvalue weighted by molar-refractivity contribution is 7.89. The van der Waals surface area contributed by atoms with E-state index in [2.05, 4.69) is 10.1 Å². The number of hydrogen-bond donors (Lipinski definition) is 0. The van der Waals surface area contributed by atoms with E-state index in [1.807, 2.05) is 25.1 Å². The van der Waals surface area contributed by atoms with E-state index >= 15 is 0 Å². The molecular weight excluding hydrogens is 408 g/mol. The lowest BCUT2D eigenvalue weighted by molar-refractivity contribution is 0.135. The Hall–Kier alpha value is -2.98. The van der Waals surface area contributed by atoms with Gasteiger partial charge in [-0.15, -0.1) is 0 Å². The van der Waals surface area contributed by atoms with E-state index in [0.717, 1.165) is 16.8 Å². The molecule has 5 rings (SSSR count). The van der Waals surface area contributed by atoms with Gasteiger partial charge >= 0.3 is 6.09 Å². The summed E-state index contributed by atoms with van der Waals surface area (Å²) in [5.41, 5.74) is 3.28. The number of piperidine rings is 1. The summed E-state index contributed by atoms with van der Waals surface area (Å²) >= 11 is 0. The third-order valence-corrected chi connectivity index (χ3v) is 7.52. The van der Waals surface area contributed by atoms with Crippen molar-refractivity contribution in [3.63, 3.8) is 0 Å². The van der Waals surface area contributed by atoms with Gasteiger partial charge in [0.05, 0.1) is 17.3 Å². The number of sulfonamides is 1. The molecule has 1 saturated heterocycles. The lowest BCUT2D eigenvalue weighted by Crippen LogP contribution is -2.50. The number of anilines is 1. The zero-order valence-corrected chi connectivity index (χ0v) is 17.1. The van der Waals surface area contributed by atoms with Gasteiger partial charge in [-0.2, -0.15) is 4.31 Å². The van der Waals surface area contributed by atoms with Crippen molar-refractivity contribution < 1.29 is 22.5 Å². The second kappa shape index (κ2) is 7.06. The molecule has 1 fully saturated rings. The number of rotatable bonds is 3. The van der Waals surface area contributed by atoms with Crippen molar-refractivity contribution in [1.29, 1.82) is 0 Å². The number of aromatic nitrogens is 2. The summed E-state index contributed by atoms with van der Waals surface area (Å²) < 4.78 is 38.2. The topological polar surface area (TPSA) is 106 Å². The largest absolute Gasteiger partial charge is 0.444 e. The Bertz CT molecular complexity index is 1230. The fraction of sp³-hybridized carbons (Fsp3) is 0.350. The van der Waals surface area contributed by atoms with E-state index in [1.165, 1.54) is 16.7 Å². The molecule has 10 heteroatoms. The zero-order chi connectivity index (χ0) is 20.9. The first kappa shape index (κ1) is 19.0. The number of ether oxygens (including phenoxy) is 1. The molecule has 0 N–H and O–H groups in total. The van der Waals surface area contributed by atoms with Crippen LogP contribution in [0.4, 0.5) is 10.5 Å². The van der Waals surface area contributed by atoms with Gasteiger partial charge in [0, 0.05) is 37.0 Å². The third-order valence-electron chi connectivity index (χ3n) is 5.66. The number of fused-ring (bicyclic) bond motifs is 2. The van der Waals surface area contributed by atoms with Gasteiger partial charge in [-0.1, -0.05) is 22.9 Å². The van der Waals surface area contributed by atoms with Crippen LogP contribution in [0.5, 0.6) is 0 Å². The van der Waals surface area contributed by atoms with Crippen molar-refractivity contribution in [3.05, 3.63) is 47.8 Å². The number of amides is 1. The van der Waals surface area contributed by atoms with Crippen LogP contribution in [0.15, 0.2) is 46.2 Å². The molecule has 2 aliphatic heterocycles. The number of pyridine rings is 1. The van der Waals surface area contributed by atoms with Crippen molar-refractivity contribution in [3.8, 4) is 0 Å². The highest BCUT2D eigenvalue weighted by Gasteiger charge is 2.38. The van der Waals surface area contributed by atoms with Crippen molar-refractivity contribution in [2.24, 2.45) is 0 Å². The number of hydrogen-bond acceptors (Lipinski definition) is 7. The predicted molar refractivity (Wildman–Crippen MR) is 107 cm³/mol. The maximum Gasteiger partial charge on any atom is 0.414 e. The Morgan fingerprint density at radius 2 is 1.97 bits per heavy atom. The lowest BCUT2D eigenvalue weighted by atomic mass is 10.0. The summed E-state index contributed by atoms with van der Waals surface area (Å²) in [6.45, 7) is 2.81. The van der Waals surface area contributed by atoms with Gasteiger partial charge in [-0.25, -0.2) is 18.2 Å². The molecule has 2 aromatic heterocycles. The predicted octanol–water partition coefficient (Wildman–Crippen LogP) is 2.84. The van der Waals surface area contributed by atoms with Crippen LogP contribution in [0.1, 0.15) is 24.0 Å². The van der Waals surface area contributed by atoms with Crippen molar-refractivity contribution in [1.82, 2.24) is 14.4 Å². The first-order valence-corrected chi connectivity index (χ1v) is 11.1. The molecule has 0 unspecified atom stereocenters. The maximum absolute atomic E-state index is 13.2. The van der Waals surface area contributed by atoms with Crippen LogP contribution in [0.2, 0.25) is 0 Å². The molecule has 2 aliphatic rings. The third kappa shape index (κ3) is 3.03. The van der Waals surface area contributed by atoms with Crippen LogP contribution in [0.25, 0.3) is 11.0 Å². The fourth-order valence-electron chi connectivity index (χ4n) is 4.16. The van der Waals surface area contributed by atoms with Crippen LogP contribution in [-0.2, 0) is 21.4 Å². The van der Waals surface area contributed by atoms with Crippen LogP contribution < -0.4 is 4.90 Å². The molecule has 9 nitrogen and oxygen atoms in total. The molecule has 4 heterocycles. The summed E-state index contributed by atoms with van der Waals surface area (Å²) in [4.78, 5) is 18.2. The molecule has 0 spiro atoms. The number of nitrogens with zero attached hydrogens (tertiary/aromatic N) is 4. The Balaban J connectivity index is 1.38. The summed E-state index contributed by atoms with van der Waals surface area (Å²) in [6.07, 6.45) is 3.38. The average Bonchev–Trinajstić information content (AvgIpc) is 3.23. The van der Waals surface area contributed by atoms with E-state index < -0.39 is 10.0 Å². The summed E-state index contributed by atoms with van der Waals surface area (Å²) in [6, 6.07) is 7.36. The minimum absolute atomic E-state index is 0.0575. The van der Waals surface area contributed by atoms with Crippen molar-refractivity contribution >= 4 is 32.8 Å². The number of aryl methyl sites for hydroxylation is 1. The molecule has 0 aliphatic carbocycles. The molecular formula is C20H20N4O5S. The Labute approximate surface area is 173 Å². The van der Waals surface area contributed by atoms with E-state index in [0.29, 0.717) is 23.8 Å². The van der Waals surface area contributed by atoms with E-state index in [4.69, 9.17) is 9.26 Å². The molecule has 156 valence electrons. The Kier molecular flexibility index (Phi) is 4.48. The molecule has 1 amide bonds. The van der Waals surface area contributed by atoms with E-state index in [-0.39, 0.29) is 36.9 Å². The minimum Gasteiger partial charge on any atom is -0.444 e. The number of cyclic esters (lactones) is 1. The monoisotopic (exact) mass is 428 g/mol. The molecule has 0 bridgehead atoms. The van der Waals surface area contributed by atoms with Gasteiger partial charge in [-0.05, 0) is 25.8 Å². The first-order chi connectivity index (χ1) is 14.4. The molecule has 0 atom stereocenters. The van der Waals surface area contributed by atoms with E-state index in [9.17, 15) is 13.2 Å². The van der Waals surface area contributed by atoms with Gasteiger partial charge in [-0.3, -0.25) is 4.90 Å². The summed E-state index contributed by atoms with van der Waals surface area (Å²) in [5, 5.41) is 3.98. The van der Waals surface area contributed by atoms with Crippen LogP contribution in [0, 0.1) is 6.92 Å². The second-order valence-electron chi connectivity index (χ2n) is 7.55. The molecule has 1 aromatic carbocycles. The minimum atomic E-state index is -3.80. The molecule has 3 aromatic rings. The maximum atomic E-state index is 13.2. The normalized spacial score (nSPS) is 18.4. The van der Waals surface area contributed by atoms with Gasteiger partial charge in [0.25, 0.3) is 10.0 Å². The lowest BCUT2D eigenvalue weighted by Gasteiger charge is -2.39. The van der Waals surface area contributed by atoms with Crippen LogP contribution in [-0.4, -0.2) is 48.1 Å². The molecule has 0 saturated carbocycles. The highest BCUT2D eigenvalue weighted by atomic mass is 32.2. The van der Waals surface area contributed by atoms with Crippen LogP contribution >= 0.6 is 0 Å². The average molecular weight is 428 g/mol. The Morgan fingerprint density at radius 3 is 2.77 bits per heavy atom. The first-order valence-electron chi connectivity index (χ1n) is 9.70. The Morgan fingerprint density at radius 1 is 1.17 bits per heavy atom. The van der Waals surface area contributed by atoms with Gasteiger partial charge in [0.2, 0.25) is 0 Å². The zero-order valence-electron chi connectivity index (χ0n) is 16.3. The van der Waals surface area contributed by atoms with Crippen LogP contribution in [0.3, 0.4) is 0 Å². The smallest absolute Gasteiger partial charge is 0.414 e. The SMILES string of the molecule is Cc1ccc2c(c1)COC(=O)N2C1CCN(S(=O)(=O)c2nccc3oncc23)CC1. The van der Waals surface area contributed by atoms with E-state index in [1.54, 1.807) is 11.0 Å². The standard InChI is InChI=1S/C20H20N4O5S/c1-13-2-3-17-14(10-13)12-28-20(25)24(17)15-5-8-23(9-6-15)30(26,27)19-16-11-22-29-18(16)4-7-21-19/h2-4,7,10-11,15H,5-6,8-9,12H2,1H3. The number of carbonyl (C=O) groups is 1. The number of benzene rings is 1. The number of carbonyl (C=O) groups excluding carboxylic acids is 1. The molecule has 30 heavy (non-hydrogen) atoms. The van der Waals surface area contributed by atoms with Crippen molar-refractivity contribution in [2.75, 3.05) is 18.0 Å². The quantitative estimate of drug-likeness (QED) is 0.631. The second-order valence-corrected chi connectivity index (χ2v) is 9.40. The van der Waals surface area contributed by atoms with Crippen molar-refractivity contribution in [2.45, 2.75) is 37.4 Å². The molecule has 0 radical (unpaired) electrons. The van der Waals surface area contributed by atoms with Gasteiger partial charge in [0.15, 0.2) is 10.6 Å².